The van der Waals surface area contributed by atoms with Crippen LogP contribution in [0.25, 0.3) is 22.6 Å². The second kappa shape index (κ2) is 7.08. The van der Waals surface area contributed by atoms with Crippen molar-refractivity contribution in [2.75, 3.05) is 0 Å². The lowest BCUT2D eigenvalue weighted by atomic mass is 10.2. The zero-order valence-corrected chi connectivity index (χ0v) is 15.9. The largest absolute Gasteiger partial charge is 0.461 e. The van der Waals surface area contributed by atoms with Crippen LogP contribution in [0.3, 0.4) is 0 Å². The number of halogens is 1. The van der Waals surface area contributed by atoms with Crippen LogP contribution in [0, 0.1) is 5.82 Å². The highest BCUT2D eigenvalue weighted by atomic mass is 32.2. The van der Waals surface area contributed by atoms with Crippen LogP contribution in [0.15, 0.2) is 61.7 Å². The van der Waals surface area contributed by atoms with Gasteiger partial charge in [0.15, 0.2) is 17.2 Å². The lowest BCUT2D eigenvalue weighted by Crippen LogP contribution is -2.37. The summed E-state index contributed by atoms with van der Waals surface area (Å²) in [4.78, 5) is 33.9. The molecule has 0 saturated heterocycles. The van der Waals surface area contributed by atoms with Gasteiger partial charge in [0.1, 0.15) is 16.2 Å². The van der Waals surface area contributed by atoms with Crippen LogP contribution in [0.4, 0.5) is 4.39 Å². The predicted octanol–water partition coefficient (Wildman–Crippen LogP) is 2.72. The van der Waals surface area contributed by atoms with E-state index >= 15 is 0 Å². The molecule has 0 spiro atoms. The molecule has 9 heteroatoms. The van der Waals surface area contributed by atoms with Gasteiger partial charge in [-0.25, -0.2) is 19.2 Å². The van der Waals surface area contributed by atoms with Gasteiger partial charge in [-0.2, -0.15) is 0 Å². The summed E-state index contributed by atoms with van der Waals surface area (Å²) < 4.78 is 21.7. The molecule has 4 aromatic rings. The zero-order valence-electron chi connectivity index (χ0n) is 15.0. The molecule has 0 bridgehead atoms. The molecule has 142 valence electrons. The van der Waals surface area contributed by atoms with Crippen molar-refractivity contribution in [3.05, 3.63) is 74.9 Å². The standard InChI is InChI=1S/C19H15FN4O3S/c1-23-16-14(18(25)24(2)19(23)26)17(22-15(21-16)13-8-5-9-27-13)28-10-11-6-3-4-7-12(11)20/h3-9H,10H2,1-2H3. The third-order valence-corrected chi connectivity index (χ3v) is 5.35. The van der Waals surface area contributed by atoms with Gasteiger partial charge in [0.05, 0.1) is 6.26 Å². The molecule has 0 atom stereocenters. The monoisotopic (exact) mass is 398 g/mol. The average Bonchev–Trinajstić information content (AvgIpc) is 3.24. The summed E-state index contributed by atoms with van der Waals surface area (Å²) in [6.07, 6.45) is 1.48. The second-order valence-electron chi connectivity index (χ2n) is 6.11. The highest BCUT2D eigenvalue weighted by molar-refractivity contribution is 7.98. The van der Waals surface area contributed by atoms with E-state index in [0.717, 1.165) is 4.57 Å². The van der Waals surface area contributed by atoms with Crippen LogP contribution in [0.5, 0.6) is 0 Å². The van der Waals surface area contributed by atoms with Gasteiger partial charge in [0.2, 0.25) is 0 Å². The highest BCUT2D eigenvalue weighted by Gasteiger charge is 2.19. The smallest absolute Gasteiger partial charge is 0.332 e. The number of thioether (sulfide) groups is 1. The van der Waals surface area contributed by atoms with Crippen molar-refractivity contribution in [3.63, 3.8) is 0 Å². The molecule has 28 heavy (non-hydrogen) atoms. The fraction of sp³-hybridized carbons (Fsp3) is 0.158. The maximum Gasteiger partial charge on any atom is 0.332 e. The first-order valence-corrected chi connectivity index (χ1v) is 9.33. The first-order valence-electron chi connectivity index (χ1n) is 8.35. The highest BCUT2D eigenvalue weighted by Crippen LogP contribution is 2.29. The van der Waals surface area contributed by atoms with Gasteiger partial charge >= 0.3 is 5.69 Å². The van der Waals surface area contributed by atoms with Crippen molar-refractivity contribution in [1.29, 1.82) is 0 Å². The van der Waals surface area contributed by atoms with E-state index in [2.05, 4.69) is 9.97 Å². The Hall–Kier alpha value is -3.20. The van der Waals surface area contributed by atoms with E-state index in [1.807, 2.05) is 0 Å². The van der Waals surface area contributed by atoms with Crippen LogP contribution in [0.1, 0.15) is 5.56 Å². The molecule has 0 aliphatic heterocycles. The van der Waals surface area contributed by atoms with E-state index in [4.69, 9.17) is 4.42 Å². The van der Waals surface area contributed by atoms with Gasteiger partial charge in [-0.3, -0.25) is 13.9 Å². The van der Waals surface area contributed by atoms with E-state index in [1.165, 1.54) is 42.8 Å². The Bertz CT molecular complexity index is 1300. The molecule has 1 aromatic carbocycles. The molecular weight excluding hydrogens is 383 g/mol. The van der Waals surface area contributed by atoms with E-state index in [1.54, 1.807) is 30.3 Å². The second-order valence-corrected chi connectivity index (χ2v) is 7.08. The number of rotatable bonds is 4. The Morgan fingerprint density at radius 2 is 1.86 bits per heavy atom. The molecule has 4 rings (SSSR count). The Labute approximate surface area is 162 Å². The number of fused-ring (bicyclic) bond motifs is 1. The van der Waals surface area contributed by atoms with Crippen molar-refractivity contribution >= 4 is 22.8 Å². The summed E-state index contributed by atoms with van der Waals surface area (Å²) in [5, 5.41) is 0.567. The van der Waals surface area contributed by atoms with Crippen LogP contribution in [-0.4, -0.2) is 19.1 Å². The third kappa shape index (κ3) is 3.03. The number of aryl methyl sites for hydroxylation is 1. The molecule has 0 unspecified atom stereocenters. The Morgan fingerprint density at radius 1 is 1.07 bits per heavy atom. The van der Waals surface area contributed by atoms with Crippen LogP contribution in [0.2, 0.25) is 0 Å². The maximum absolute atomic E-state index is 14.0. The van der Waals surface area contributed by atoms with Gasteiger partial charge in [-0.05, 0) is 23.8 Å². The van der Waals surface area contributed by atoms with E-state index in [0.29, 0.717) is 16.3 Å². The summed E-state index contributed by atoms with van der Waals surface area (Å²) in [5.74, 6) is 0.585. The fourth-order valence-electron chi connectivity index (χ4n) is 2.81. The number of benzene rings is 1. The van der Waals surface area contributed by atoms with Crippen molar-refractivity contribution in [3.8, 4) is 11.6 Å². The molecule has 7 nitrogen and oxygen atoms in total. The Morgan fingerprint density at radius 3 is 2.57 bits per heavy atom. The topological polar surface area (TPSA) is 82.9 Å². The molecule has 0 aliphatic rings. The molecule has 0 radical (unpaired) electrons. The summed E-state index contributed by atoms with van der Waals surface area (Å²) in [5.41, 5.74) is -0.308. The lowest BCUT2D eigenvalue weighted by molar-refractivity contribution is 0.576. The van der Waals surface area contributed by atoms with Crippen molar-refractivity contribution < 1.29 is 8.81 Å². The van der Waals surface area contributed by atoms with Crippen molar-refractivity contribution in [2.24, 2.45) is 14.1 Å². The molecule has 0 aliphatic carbocycles. The first-order chi connectivity index (χ1) is 13.5. The zero-order chi connectivity index (χ0) is 19.8. The van der Waals surface area contributed by atoms with Crippen LogP contribution >= 0.6 is 11.8 Å². The summed E-state index contributed by atoms with van der Waals surface area (Å²) in [6.45, 7) is 0. The molecule has 3 aromatic heterocycles. The summed E-state index contributed by atoms with van der Waals surface area (Å²) >= 11 is 1.20. The average molecular weight is 398 g/mol. The summed E-state index contributed by atoms with van der Waals surface area (Å²) in [7, 11) is 2.93. The SMILES string of the molecule is Cn1c(=O)c2c(SCc3ccccc3F)nc(-c3ccco3)nc2n(C)c1=O. The number of hydrogen-bond acceptors (Lipinski definition) is 6. The predicted molar refractivity (Wildman–Crippen MR) is 104 cm³/mol. The normalized spacial score (nSPS) is 11.2. The molecule has 0 amide bonds. The molecule has 0 N–H and O–H groups in total. The summed E-state index contributed by atoms with van der Waals surface area (Å²) in [6, 6.07) is 9.79. The molecule has 3 heterocycles. The van der Waals surface area contributed by atoms with E-state index < -0.39 is 11.2 Å². The van der Waals surface area contributed by atoms with Gasteiger partial charge < -0.3 is 4.42 Å². The minimum Gasteiger partial charge on any atom is -0.461 e. The van der Waals surface area contributed by atoms with E-state index in [9.17, 15) is 14.0 Å². The first kappa shape index (κ1) is 18.2. The van der Waals surface area contributed by atoms with Gasteiger partial charge in [0.25, 0.3) is 5.56 Å². The lowest BCUT2D eigenvalue weighted by Gasteiger charge is -2.11. The van der Waals surface area contributed by atoms with Crippen molar-refractivity contribution in [2.45, 2.75) is 10.8 Å². The van der Waals surface area contributed by atoms with Gasteiger partial charge in [-0.1, -0.05) is 18.2 Å². The number of furan rings is 1. The Kier molecular flexibility index (Phi) is 4.60. The number of nitrogens with zero attached hydrogens (tertiary/aromatic N) is 4. The fourth-order valence-corrected chi connectivity index (χ4v) is 3.81. The van der Waals surface area contributed by atoms with Crippen LogP contribution < -0.4 is 11.2 Å². The quantitative estimate of drug-likeness (QED) is 0.388. The maximum atomic E-state index is 14.0. The number of hydrogen-bond donors (Lipinski definition) is 0. The minimum atomic E-state index is -0.500. The van der Waals surface area contributed by atoms with Crippen molar-refractivity contribution in [1.82, 2.24) is 19.1 Å². The molecule has 0 fully saturated rings. The Balaban J connectivity index is 1.93. The van der Waals surface area contributed by atoms with Gasteiger partial charge in [-0.15, -0.1) is 11.8 Å². The molecule has 0 saturated carbocycles. The number of aromatic nitrogens is 4. The van der Waals surface area contributed by atoms with Gasteiger partial charge in [0, 0.05) is 19.8 Å². The van der Waals surface area contributed by atoms with Crippen LogP contribution in [-0.2, 0) is 19.8 Å². The molecular formula is C19H15FN4O3S. The third-order valence-electron chi connectivity index (χ3n) is 4.33. The minimum absolute atomic E-state index is 0.200. The van der Waals surface area contributed by atoms with E-state index in [-0.39, 0.29) is 28.4 Å².